The van der Waals surface area contributed by atoms with Gasteiger partial charge in [0.05, 0.1) is 30.0 Å². The fourth-order valence-corrected chi connectivity index (χ4v) is 2.25. The predicted molar refractivity (Wildman–Crippen MR) is 73.6 cm³/mol. The summed E-state index contributed by atoms with van der Waals surface area (Å²) in [6.07, 6.45) is 2.61. The lowest BCUT2D eigenvalue weighted by Gasteiger charge is -2.23. The van der Waals surface area contributed by atoms with E-state index >= 15 is 0 Å². The molecule has 1 heterocycles. The van der Waals surface area contributed by atoms with Gasteiger partial charge in [0.1, 0.15) is 0 Å². The van der Waals surface area contributed by atoms with Crippen LogP contribution in [0.2, 0.25) is 0 Å². The van der Waals surface area contributed by atoms with Gasteiger partial charge in [-0.25, -0.2) is 4.98 Å². The van der Waals surface area contributed by atoms with Crippen molar-refractivity contribution in [3.63, 3.8) is 0 Å². The number of hydrogen-bond acceptors (Lipinski definition) is 3. The molecule has 3 N–H and O–H groups in total. The molecule has 1 aromatic heterocycles. The molecule has 0 spiro atoms. The first-order valence-electron chi connectivity index (χ1n) is 6.38. The molecule has 0 fully saturated rings. The van der Waals surface area contributed by atoms with Crippen LogP contribution in [0.25, 0.3) is 11.0 Å². The molecule has 2 rings (SSSR count). The van der Waals surface area contributed by atoms with E-state index in [1.165, 1.54) is 11.1 Å². The molecule has 18 heavy (non-hydrogen) atoms. The minimum absolute atomic E-state index is 0.0351. The van der Waals surface area contributed by atoms with E-state index in [1.807, 2.05) is 11.5 Å². The third kappa shape index (κ3) is 2.13. The van der Waals surface area contributed by atoms with Gasteiger partial charge in [-0.3, -0.25) is 0 Å². The molecular formula is C14H21N3O. The van der Waals surface area contributed by atoms with Gasteiger partial charge in [-0.05, 0) is 43.5 Å². The van der Waals surface area contributed by atoms with E-state index in [-0.39, 0.29) is 18.7 Å². The Kier molecular flexibility index (Phi) is 3.68. The number of aromatic nitrogens is 2. The molecule has 2 unspecified atom stereocenters. The Labute approximate surface area is 107 Å². The number of nitrogens with zero attached hydrogens (tertiary/aromatic N) is 2. The Balaban J connectivity index is 2.54. The van der Waals surface area contributed by atoms with Crippen LogP contribution in [0, 0.1) is 13.8 Å². The number of rotatable bonds is 4. The highest BCUT2D eigenvalue weighted by atomic mass is 16.3. The Morgan fingerprint density at radius 2 is 2.00 bits per heavy atom. The zero-order valence-corrected chi connectivity index (χ0v) is 11.2. The first kappa shape index (κ1) is 13.1. The van der Waals surface area contributed by atoms with Crippen LogP contribution in [0.15, 0.2) is 18.5 Å². The summed E-state index contributed by atoms with van der Waals surface area (Å²) in [7, 11) is 0. The third-order valence-electron chi connectivity index (χ3n) is 3.70. The summed E-state index contributed by atoms with van der Waals surface area (Å²) in [5.74, 6) is 0. The van der Waals surface area contributed by atoms with Crippen molar-refractivity contribution < 1.29 is 5.11 Å². The van der Waals surface area contributed by atoms with E-state index in [1.54, 1.807) is 6.33 Å². The minimum Gasteiger partial charge on any atom is -0.394 e. The maximum atomic E-state index is 9.55. The molecule has 0 aliphatic heterocycles. The number of aliphatic hydroxyl groups excluding tert-OH is 1. The highest BCUT2D eigenvalue weighted by Gasteiger charge is 2.19. The van der Waals surface area contributed by atoms with Crippen LogP contribution in [0.1, 0.15) is 30.5 Å². The van der Waals surface area contributed by atoms with Crippen molar-refractivity contribution in [2.24, 2.45) is 5.73 Å². The second-order valence-electron chi connectivity index (χ2n) is 4.90. The van der Waals surface area contributed by atoms with Gasteiger partial charge in [0, 0.05) is 6.04 Å². The van der Waals surface area contributed by atoms with Gasteiger partial charge >= 0.3 is 0 Å². The molecule has 0 amide bonds. The van der Waals surface area contributed by atoms with Gasteiger partial charge in [0.25, 0.3) is 0 Å². The number of imidazole rings is 1. The summed E-state index contributed by atoms with van der Waals surface area (Å²) in [6, 6.07) is 4.02. The van der Waals surface area contributed by atoms with Crippen LogP contribution >= 0.6 is 0 Å². The van der Waals surface area contributed by atoms with Crippen molar-refractivity contribution in [1.29, 1.82) is 0 Å². The molecule has 4 heteroatoms. The molecule has 4 nitrogen and oxygen atoms in total. The molecule has 0 aliphatic rings. The summed E-state index contributed by atoms with van der Waals surface area (Å²) in [5, 5.41) is 9.55. The number of nitrogens with two attached hydrogens (primary N) is 1. The van der Waals surface area contributed by atoms with Crippen molar-refractivity contribution in [2.45, 2.75) is 39.3 Å². The van der Waals surface area contributed by atoms with E-state index in [9.17, 15) is 5.11 Å². The Hall–Kier alpha value is -1.39. The van der Waals surface area contributed by atoms with Gasteiger partial charge in [0.15, 0.2) is 0 Å². The average Bonchev–Trinajstić information content (AvgIpc) is 2.74. The van der Waals surface area contributed by atoms with E-state index < -0.39 is 0 Å². The zero-order valence-electron chi connectivity index (χ0n) is 11.2. The molecule has 2 aromatic rings. The largest absolute Gasteiger partial charge is 0.394 e. The fourth-order valence-electron chi connectivity index (χ4n) is 2.25. The number of aryl methyl sites for hydroxylation is 2. The second-order valence-corrected chi connectivity index (χ2v) is 4.90. The van der Waals surface area contributed by atoms with Crippen LogP contribution in [0.4, 0.5) is 0 Å². The molecule has 98 valence electrons. The Morgan fingerprint density at radius 1 is 1.33 bits per heavy atom. The molecule has 0 bridgehead atoms. The minimum atomic E-state index is -0.109. The van der Waals surface area contributed by atoms with E-state index in [0.717, 1.165) is 17.5 Å². The van der Waals surface area contributed by atoms with Crippen LogP contribution in [0.3, 0.4) is 0 Å². The summed E-state index contributed by atoms with van der Waals surface area (Å²) in [5.41, 5.74) is 10.5. The predicted octanol–water partition coefficient (Wildman–Crippen LogP) is 1.92. The zero-order chi connectivity index (χ0) is 13.3. The highest BCUT2D eigenvalue weighted by molar-refractivity contribution is 5.77. The lowest BCUT2D eigenvalue weighted by Crippen LogP contribution is -2.33. The number of benzene rings is 1. The normalized spacial score (nSPS) is 14.9. The molecule has 0 saturated heterocycles. The van der Waals surface area contributed by atoms with Crippen molar-refractivity contribution in [3.8, 4) is 0 Å². The number of hydrogen-bond donors (Lipinski definition) is 2. The Bertz CT molecular complexity index is 547. The molecule has 0 radical (unpaired) electrons. The van der Waals surface area contributed by atoms with E-state index in [0.29, 0.717) is 0 Å². The number of fused-ring (bicyclic) bond motifs is 1. The molecule has 2 atom stereocenters. The van der Waals surface area contributed by atoms with Crippen LogP contribution in [-0.4, -0.2) is 27.3 Å². The summed E-state index contributed by atoms with van der Waals surface area (Å²) < 4.78 is 2.00. The van der Waals surface area contributed by atoms with Gasteiger partial charge < -0.3 is 15.4 Å². The van der Waals surface area contributed by atoms with Gasteiger partial charge in [-0.1, -0.05) is 6.92 Å². The fraction of sp³-hybridized carbons (Fsp3) is 0.500. The summed E-state index contributed by atoms with van der Waals surface area (Å²) in [6.45, 7) is 6.23. The number of aliphatic hydroxyl groups is 1. The standard InChI is InChI=1S/C14H21N3O/c1-4-11(15)14(7-18)17-8-16-12-5-9(2)10(3)6-13(12)17/h5-6,8,11,14,18H,4,7,15H2,1-3H3. The molecule has 1 aromatic carbocycles. The van der Waals surface area contributed by atoms with Gasteiger partial charge in [-0.2, -0.15) is 0 Å². The smallest absolute Gasteiger partial charge is 0.0962 e. The van der Waals surface area contributed by atoms with E-state index in [2.05, 4.69) is 31.0 Å². The molecule has 0 aliphatic carbocycles. The van der Waals surface area contributed by atoms with Crippen molar-refractivity contribution in [3.05, 3.63) is 29.6 Å². The summed E-state index contributed by atoms with van der Waals surface area (Å²) >= 11 is 0. The van der Waals surface area contributed by atoms with Gasteiger partial charge in [0.2, 0.25) is 0 Å². The van der Waals surface area contributed by atoms with E-state index in [4.69, 9.17) is 5.73 Å². The first-order valence-corrected chi connectivity index (χ1v) is 6.38. The topological polar surface area (TPSA) is 64.1 Å². The van der Waals surface area contributed by atoms with Gasteiger partial charge in [-0.15, -0.1) is 0 Å². The molecular weight excluding hydrogens is 226 g/mol. The molecule has 0 saturated carbocycles. The highest BCUT2D eigenvalue weighted by Crippen LogP contribution is 2.23. The monoisotopic (exact) mass is 247 g/mol. The average molecular weight is 247 g/mol. The van der Waals surface area contributed by atoms with Crippen LogP contribution in [-0.2, 0) is 0 Å². The van der Waals surface area contributed by atoms with Crippen molar-refractivity contribution >= 4 is 11.0 Å². The first-order chi connectivity index (χ1) is 8.58. The summed E-state index contributed by atoms with van der Waals surface area (Å²) in [4.78, 5) is 4.40. The van der Waals surface area contributed by atoms with Crippen LogP contribution in [0.5, 0.6) is 0 Å². The maximum absolute atomic E-state index is 9.55. The lowest BCUT2D eigenvalue weighted by molar-refractivity contribution is 0.207. The Morgan fingerprint density at radius 3 is 2.61 bits per heavy atom. The van der Waals surface area contributed by atoms with Crippen molar-refractivity contribution in [1.82, 2.24) is 9.55 Å². The maximum Gasteiger partial charge on any atom is 0.0962 e. The van der Waals surface area contributed by atoms with Crippen LogP contribution < -0.4 is 5.73 Å². The quantitative estimate of drug-likeness (QED) is 0.867. The lowest BCUT2D eigenvalue weighted by atomic mass is 10.1. The SMILES string of the molecule is CCC(N)C(CO)n1cnc2cc(C)c(C)cc21. The van der Waals surface area contributed by atoms with Crippen molar-refractivity contribution in [2.75, 3.05) is 6.61 Å². The third-order valence-corrected chi connectivity index (χ3v) is 3.70. The second kappa shape index (κ2) is 5.08.